The first-order chi connectivity index (χ1) is 7.87. The van der Waals surface area contributed by atoms with Gasteiger partial charge in [-0.05, 0) is 45.4 Å². The Balaban J connectivity index is 2.51. The normalized spacial score (nSPS) is 25.2. The monoisotopic (exact) mass is 241 g/mol. The number of amides is 1. The Morgan fingerprint density at radius 2 is 1.71 bits per heavy atom. The van der Waals surface area contributed by atoms with E-state index < -0.39 is 5.41 Å². The van der Waals surface area contributed by atoms with Crippen molar-refractivity contribution in [3.8, 4) is 0 Å². The summed E-state index contributed by atoms with van der Waals surface area (Å²) in [6, 6.07) is 0.275. The molecule has 0 spiro atoms. The van der Waals surface area contributed by atoms with Crippen LogP contribution in [0.5, 0.6) is 0 Å². The standard InChI is InChI=1S/C13H23NO3/c1-9(15)14-11-7-5-10(6-8-11)13(2,3)12(16)17-4/h10-11H,5-8H2,1-4H3,(H,14,15)/t10-,11-. The molecule has 0 aromatic carbocycles. The molecule has 4 nitrogen and oxygen atoms in total. The molecular weight excluding hydrogens is 218 g/mol. The molecule has 0 atom stereocenters. The van der Waals surface area contributed by atoms with Gasteiger partial charge in [0.15, 0.2) is 0 Å². The molecule has 0 unspecified atom stereocenters. The van der Waals surface area contributed by atoms with Crippen LogP contribution >= 0.6 is 0 Å². The summed E-state index contributed by atoms with van der Waals surface area (Å²) in [5, 5.41) is 2.94. The Bertz CT molecular complexity index is 291. The second kappa shape index (κ2) is 5.52. The fraction of sp³-hybridized carbons (Fsp3) is 0.846. The van der Waals surface area contributed by atoms with E-state index in [0.29, 0.717) is 5.92 Å². The van der Waals surface area contributed by atoms with Gasteiger partial charge in [-0.25, -0.2) is 0 Å². The Hall–Kier alpha value is -1.06. The molecular formula is C13H23NO3. The largest absolute Gasteiger partial charge is 0.469 e. The van der Waals surface area contributed by atoms with E-state index in [4.69, 9.17) is 4.74 Å². The van der Waals surface area contributed by atoms with Gasteiger partial charge in [-0.15, -0.1) is 0 Å². The van der Waals surface area contributed by atoms with Gasteiger partial charge in [0.05, 0.1) is 12.5 Å². The Morgan fingerprint density at radius 1 is 1.18 bits per heavy atom. The third kappa shape index (κ3) is 3.45. The van der Waals surface area contributed by atoms with Crippen molar-refractivity contribution in [3.63, 3.8) is 0 Å². The predicted molar refractivity (Wildman–Crippen MR) is 65.4 cm³/mol. The summed E-state index contributed by atoms with van der Waals surface area (Å²) >= 11 is 0. The number of methoxy groups -OCH3 is 1. The molecule has 0 radical (unpaired) electrons. The zero-order valence-corrected chi connectivity index (χ0v) is 11.2. The first kappa shape index (κ1) is 14.0. The minimum absolute atomic E-state index is 0.0284. The summed E-state index contributed by atoms with van der Waals surface area (Å²) in [5.41, 5.74) is -0.421. The average Bonchev–Trinajstić information content (AvgIpc) is 2.27. The molecule has 0 saturated heterocycles. The lowest BCUT2D eigenvalue weighted by Gasteiger charge is -2.37. The van der Waals surface area contributed by atoms with Crippen molar-refractivity contribution in [3.05, 3.63) is 0 Å². The van der Waals surface area contributed by atoms with Crippen molar-refractivity contribution in [2.24, 2.45) is 11.3 Å². The first-order valence-electron chi connectivity index (χ1n) is 6.23. The molecule has 0 aliphatic heterocycles. The minimum atomic E-state index is -0.421. The maximum atomic E-state index is 11.7. The highest BCUT2D eigenvalue weighted by Crippen LogP contribution is 2.39. The maximum absolute atomic E-state index is 11.7. The fourth-order valence-corrected chi connectivity index (χ4v) is 2.68. The number of esters is 1. The molecule has 98 valence electrons. The molecule has 1 aliphatic carbocycles. The van der Waals surface area contributed by atoms with Gasteiger partial charge in [-0.2, -0.15) is 0 Å². The van der Waals surface area contributed by atoms with Crippen LogP contribution in [-0.4, -0.2) is 25.0 Å². The van der Waals surface area contributed by atoms with Gasteiger partial charge >= 0.3 is 5.97 Å². The topological polar surface area (TPSA) is 55.4 Å². The number of carbonyl (C=O) groups excluding carboxylic acids is 2. The van der Waals surface area contributed by atoms with Crippen molar-refractivity contribution < 1.29 is 14.3 Å². The highest BCUT2D eigenvalue weighted by atomic mass is 16.5. The summed E-state index contributed by atoms with van der Waals surface area (Å²) in [6.45, 7) is 5.44. The average molecular weight is 241 g/mol. The van der Waals surface area contributed by atoms with Crippen LogP contribution in [0.4, 0.5) is 0 Å². The summed E-state index contributed by atoms with van der Waals surface area (Å²) in [5.74, 6) is 0.237. The second-order valence-electron chi connectivity index (χ2n) is 5.46. The van der Waals surface area contributed by atoms with Crippen LogP contribution < -0.4 is 5.32 Å². The molecule has 0 bridgehead atoms. The Morgan fingerprint density at radius 3 is 2.12 bits per heavy atom. The zero-order valence-electron chi connectivity index (χ0n) is 11.2. The SMILES string of the molecule is COC(=O)C(C)(C)[C@H]1CC[C@H](NC(C)=O)CC1. The summed E-state index contributed by atoms with van der Waals surface area (Å²) in [7, 11) is 1.44. The summed E-state index contributed by atoms with van der Waals surface area (Å²) in [4.78, 5) is 22.7. The van der Waals surface area contributed by atoms with E-state index in [9.17, 15) is 9.59 Å². The van der Waals surface area contributed by atoms with Crippen LogP contribution in [0.2, 0.25) is 0 Å². The van der Waals surface area contributed by atoms with Gasteiger partial charge in [-0.1, -0.05) is 0 Å². The third-order valence-electron chi connectivity index (χ3n) is 3.87. The summed E-state index contributed by atoms with van der Waals surface area (Å²) in [6.07, 6.45) is 3.83. The second-order valence-corrected chi connectivity index (χ2v) is 5.46. The van der Waals surface area contributed by atoms with E-state index in [-0.39, 0.29) is 17.9 Å². The molecule has 1 fully saturated rings. The quantitative estimate of drug-likeness (QED) is 0.768. The highest BCUT2D eigenvalue weighted by molar-refractivity contribution is 5.76. The molecule has 1 aliphatic rings. The van der Waals surface area contributed by atoms with Crippen LogP contribution in [0.3, 0.4) is 0 Å². The zero-order chi connectivity index (χ0) is 13.1. The van der Waals surface area contributed by atoms with E-state index in [1.807, 2.05) is 13.8 Å². The van der Waals surface area contributed by atoms with Gasteiger partial charge in [0.2, 0.25) is 5.91 Å². The van der Waals surface area contributed by atoms with Crippen molar-refractivity contribution in [1.82, 2.24) is 5.32 Å². The van der Waals surface area contributed by atoms with Crippen molar-refractivity contribution >= 4 is 11.9 Å². The first-order valence-corrected chi connectivity index (χ1v) is 6.23. The van der Waals surface area contributed by atoms with Crippen molar-refractivity contribution in [2.75, 3.05) is 7.11 Å². The van der Waals surface area contributed by atoms with E-state index in [1.54, 1.807) is 6.92 Å². The van der Waals surface area contributed by atoms with Crippen LogP contribution in [0, 0.1) is 11.3 Å². The lowest BCUT2D eigenvalue weighted by Crippen LogP contribution is -2.41. The van der Waals surface area contributed by atoms with Gasteiger partial charge < -0.3 is 10.1 Å². The van der Waals surface area contributed by atoms with Crippen LogP contribution in [0.15, 0.2) is 0 Å². The molecule has 4 heteroatoms. The van der Waals surface area contributed by atoms with Crippen LogP contribution in [0.1, 0.15) is 46.5 Å². The number of nitrogens with one attached hydrogen (secondary N) is 1. The summed E-state index contributed by atoms with van der Waals surface area (Å²) < 4.78 is 4.85. The van der Waals surface area contributed by atoms with Crippen LogP contribution in [0.25, 0.3) is 0 Å². The van der Waals surface area contributed by atoms with Gasteiger partial charge in [0, 0.05) is 13.0 Å². The van der Waals surface area contributed by atoms with E-state index in [0.717, 1.165) is 25.7 Å². The minimum Gasteiger partial charge on any atom is -0.469 e. The van der Waals surface area contributed by atoms with Crippen molar-refractivity contribution in [2.45, 2.75) is 52.5 Å². The molecule has 1 N–H and O–H groups in total. The lowest BCUT2D eigenvalue weighted by molar-refractivity contribution is -0.155. The molecule has 0 heterocycles. The molecule has 17 heavy (non-hydrogen) atoms. The smallest absolute Gasteiger partial charge is 0.311 e. The van der Waals surface area contributed by atoms with E-state index >= 15 is 0 Å². The lowest BCUT2D eigenvalue weighted by atomic mass is 9.70. The van der Waals surface area contributed by atoms with Crippen LogP contribution in [-0.2, 0) is 14.3 Å². The number of hydrogen-bond donors (Lipinski definition) is 1. The third-order valence-corrected chi connectivity index (χ3v) is 3.87. The van der Waals surface area contributed by atoms with Gasteiger partial charge in [0.25, 0.3) is 0 Å². The number of rotatable bonds is 3. The fourth-order valence-electron chi connectivity index (χ4n) is 2.68. The molecule has 0 aromatic heterocycles. The molecule has 1 saturated carbocycles. The number of hydrogen-bond acceptors (Lipinski definition) is 3. The van der Waals surface area contributed by atoms with Crippen molar-refractivity contribution in [1.29, 1.82) is 0 Å². The molecule has 0 aromatic rings. The molecule has 1 amide bonds. The van der Waals surface area contributed by atoms with E-state index in [1.165, 1.54) is 7.11 Å². The maximum Gasteiger partial charge on any atom is 0.311 e. The Labute approximate surface area is 103 Å². The molecule has 1 rings (SSSR count). The van der Waals surface area contributed by atoms with Gasteiger partial charge in [-0.3, -0.25) is 9.59 Å². The number of carbonyl (C=O) groups is 2. The highest BCUT2D eigenvalue weighted by Gasteiger charge is 2.39. The number of ether oxygens (including phenoxy) is 1. The Kier molecular flexibility index (Phi) is 4.54. The van der Waals surface area contributed by atoms with E-state index in [2.05, 4.69) is 5.32 Å². The van der Waals surface area contributed by atoms with Gasteiger partial charge in [0.1, 0.15) is 0 Å². The predicted octanol–water partition coefficient (Wildman–Crippen LogP) is 1.88.